The second kappa shape index (κ2) is 8.96. The minimum Gasteiger partial charge on any atom is -0.307 e. The summed E-state index contributed by atoms with van der Waals surface area (Å²) in [4.78, 5) is 13.1. The first kappa shape index (κ1) is 23.3. The van der Waals surface area contributed by atoms with Crippen LogP contribution in [0.25, 0.3) is 0 Å². The molecule has 1 atom stereocenters. The third kappa shape index (κ3) is 5.87. The molecule has 0 heterocycles. The number of nitrogens with zero attached hydrogens (tertiary/aromatic N) is 1. The summed E-state index contributed by atoms with van der Waals surface area (Å²) >= 11 is 0. The number of hydrogen-bond acceptors (Lipinski definition) is 2. The molecule has 1 unspecified atom stereocenters. The summed E-state index contributed by atoms with van der Waals surface area (Å²) in [7, 11) is -1.77. The molecule has 1 aromatic carbocycles. The molecule has 0 radical (unpaired) electrons. The summed E-state index contributed by atoms with van der Waals surface area (Å²) in [5.41, 5.74) is 2.59. The standard InChI is InChI=1S/C18H24F5NO2Si/c1-5-27(3,4)11-7-10-24(15-9-6-8-14(2)12-15)16(25)17(20,26-13-19)18(21,22)23/h5-6,8-9,12H,1,7,10-11,13H2,2-4H3. The van der Waals surface area contributed by atoms with Crippen LogP contribution < -0.4 is 4.90 Å². The van der Waals surface area contributed by atoms with Crippen molar-refractivity contribution in [1.29, 1.82) is 0 Å². The number of benzene rings is 1. The van der Waals surface area contributed by atoms with E-state index in [2.05, 4.69) is 11.3 Å². The van der Waals surface area contributed by atoms with Gasteiger partial charge < -0.3 is 4.90 Å². The van der Waals surface area contributed by atoms with Gasteiger partial charge in [-0.1, -0.05) is 31.3 Å². The highest BCUT2D eigenvalue weighted by Gasteiger charge is 2.65. The van der Waals surface area contributed by atoms with Crippen molar-refractivity contribution < 1.29 is 31.5 Å². The Hall–Kier alpha value is -1.74. The molecule has 0 fully saturated rings. The van der Waals surface area contributed by atoms with Gasteiger partial charge >= 0.3 is 17.9 Å². The van der Waals surface area contributed by atoms with Crippen molar-refractivity contribution >= 4 is 19.7 Å². The molecule has 0 N–H and O–H groups in total. The van der Waals surface area contributed by atoms with Crippen LogP contribution in [0.3, 0.4) is 0 Å². The molecule has 152 valence electrons. The molecule has 9 heteroatoms. The molecule has 27 heavy (non-hydrogen) atoms. The molecule has 3 nitrogen and oxygen atoms in total. The van der Waals surface area contributed by atoms with Crippen molar-refractivity contribution in [2.75, 3.05) is 18.3 Å². The smallest absolute Gasteiger partial charge is 0.307 e. The highest BCUT2D eigenvalue weighted by molar-refractivity contribution is 6.82. The Bertz CT molecular complexity index is 665. The molecule has 0 saturated carbocycles. The number of hydrogen-bond donors (Lipinski definition) is 0. The van der Waals surface area contributed by atoms with E-state index in [1.54, 1.807) is 13.0 Å². The first-order chi connectivity index (χ1) is 12.4. The fourth-order valence-corrected chi connectivity index (χ4v) is 3.73. The van der Waals surface area contributed by atoms with E-state index >= 15 is 0 Å². The second-order valence-corrected chi connectivity index (χ2v) is 11.8. The second-order valence-electron chi connectivity index (χ2n) is 6.94. The van der Waals surface area contributed by atoms with Crippen LogP contribution in [-0.4, -0.2) is 39.4 Å². The van der Waals surface area contributed by atoms with E-state index in [1.807, 2.05) is 18.8 Å². The number of halogens is 5. The fourth-order valence-electron chi connectivity index (χ4n) is 2.45. The highest BCUT2D eigenvalue weighted by Crippen LogP contribution is 2.38. The normalized spacial score (nSPS) is 14.5. The molecule has 0 bridgehead atoms. The van der Waals surface area contributed by atoms with Crippen molar-refractivity contribution in [3.8, 4) is 0 Å². The molecule has 0 aliphatic carbocycles. The van der Waals surface area contributed by atoms with E-state index < -0.39 is 32.9 Å². The zero-order valence-corrected chi connectivity index (χ0v) is 16.6. The SMILES string of the molecule is C=C[Si](C)(C)CCCN(C(=O)C(F)(OCF)C(F)(F)F)c1cccc(C)c1. The van der Waals surface area contributed by atoms with Gasteiger partial charge in [-0.2, -0.15) is 17.6 Å². The summed E-state index contributed by atoms with van der Waals surface area (Å²) in [5.74, 6) is -6.74. The van der Waals surface area contributed by atoms with Gasteiger partial charge in [0, 0.05) is 12.2 Å². The van der Waals surface area contributed by atoms with Crippen LogP contribution in [0.2, 0.25) is 19.1 Å². The first-order valence-electron chi connectivity index (χ1n) is 8.36. The molecule has 1 aromatic rings. The van der Waals surface area contributed by atoms with E-state index in [4.69, 9.17) is 0 Å². The lowest BCUT2D eigenvalue weighted by Gasteiger charge is -2.32. The maximum atomic E-state index is 14.5. The van der Waals surface area contributed by atoms with Crippen LogP contribution in [0.15, 0.2) is 36.5 Å². The molecule has 0 spiro atoms. The van der Waals surface area contributed by atoms with Crippen LogP contribution >= 0.6 is 0 Å². The third-order valence-corrected chi connectivity index (χ3v) is 6.95. The van der Waals surface area contributed by atoms with Crippen molar-refractivity contribution in [2.45, 2.75) is 44.5 Å². The van der Waals surface area contributed by atoms with Gasteiger partial charge in [0.25, 0.3) is 0 Å². The zero-order valence-electron chi connectivity index (χ0n) is 15.6. The number of carbonyl (C=O) groups is 1. The zero-order chi connectivity index (χ0) is 20.9. The summed E-state index contributed by atoms with van der Waals surface area (Å²) in [6.07, 6.45) is -5.37. The quantitative estimate of drug-likeness (QED) is 0.408. The molecule has 0 aromatic heterocycles. The number of alkyl halides is 5. The largest absolute Gasteiger partial charge is 0.458 e. The molecule has 0 aliphatic heterocycles. The molecular weight excluding hydrogens is 385 g/mol. The van der Waals surface area contributed by atoms with Gasteiger partial charge in [0.15, 0.2) is 6.86 Å². The predicted octanol–water partition coefficient (Wildman–Crippen LogP) is 5.32. The monoisotopic (exact) mass is 409 g/mol. The average Bonchev–Trinajstić information content (AvgIpc) is 2.57. The van der Waals surface area contributed by atoms with E-state index in [-0.39, 0.29) is 12.2 Å². The van der Waals surface area contributed by atoms with E-state index in [0.29, 0.717) is 22.9 Å². The van der Waals surface area contributed by atoms with Crippen LogP contribution in [0, 0.1) is 6.92 Å². The third-order valence-electron chi connectivity index (χ3n) is 4.21. The number of anilines is 1. The maximum absolute atomic E-state index is 14.5. The van der Waals surface area contributed by atoms with Crippen molar-refractivity contribution in [3.05, 3.63) is 42.1 Å². The minimum atomic E-state index is -5.71. The number of rotatable bonds is 9. The lowest BCUT2D eigenvalue weighted by Crippen LogP contribution is -2.57. The Morgan fingerprint density at radius 2 is 1.93 bits per heavy atom. The lowest BCUT2D eigenvalue weighted by atomic mass is 10.1. The number of carbonyl (C=O) groups excluding carboxylic acids is 1. The van der Waals surface area contributed by atoms with E-state index in [0.717, 1.165) is 0 Å². The molecule has 1 amide bonds. The Balaban J connectivity index is 3.23. The van der Waals surface area contributed by atoms with Crippen LogP contribution in [0.5, 0.6) is 0 Å². The molecule has 0 aliphatic rings. The van der Waals surface area contributed by atoms with Crippen LogP contribution in [0.1, 0.15) is 12.0 Å². The molecule has 1 rings (SSSR count). The minimum absolute atomic E-state index is 0.0896. The van der Waals surface area contributed by atoms with Gasteiger partial charge in [-0.3, -0.25) is 9.53 Å². The van der Waals surface area contributed by atoms with Crippen molar-refractivity contribution in [1.82, 2.24) is 0 Å². The summed E-state index contributed by atoms with van der Waals surface area (Å²) in [6, 6.07) is 6.72. The number of ether oxygens (including phenoxy) is 1. The Morgan fingerprint density at radius 1 is 1.30 bits per heavy atom. The summed E-state index contributed by atoms with van der Waals surface area (Å²) < 4.78 is 69.9. The predicted molar refractivity (Wildman–Crippen MR) is 97.6 cm³/mol. The van der Waals surface area contributed by atoms with Gasteiger partial charge in [0.05, 0.1) is 8.07 Å². The Labute approximate surface area is 156 Å². The average molecular weight is 409 g/mol. The van der Waals surface area contributed by atoms with Gasteiger partial charge in [-0.05, 0) is 31.0 Å². The number of aryl methyl sites for hydroxylation is 1. The summed E-state index contributed by atoms with van der Waals surface area (Å²) in [6.45, 7) is 7.21. The lowest BCUT2D eigenvalue weighted by molar-refractivity contribution is -0.321. The van der Waals surface area contributed by atoms with Crippen LogP contribution in [0.4, 0.5) is 27.6 Å². The Kier molecular flexibility index (Phi) is 7.73. The van der Waals surface area contributed by atoms with Gasteiger partial charge in [-0.25, -0.2) is 4.39 Å². The molecule has 0 saturated heterocycles. The van der Waals surface area contributed by atoms with Crippen LogP contribution in [-0.2, 0) is 9.53 Å². The van der Waals surface area contributed by atoms with Gasteiger partial charge in [-0.15, -0.1) is 12.3 Å². The number of amides is 1. The molecular formula is C18H24F5NO2Si. The van der Waals surface area contributed by atoms with Gasteiger partial charge in [0.1, 0.15) is 0 Å². The van der Waals surface area contributed by atoms with Crippen molar-refractivity contribution in [2.24, 2.45) is 0 Å². The van der Waals surface area contributed by atoms with E-state index in [1.165, 1.54) is 18.2 Å². The fraction of sp³-hybridized carbons (Fsp3) is 0.500. The Morgan fingerprint density at radius 3 is 2.41 bits per heavy atom. The first-order valence-corrected chi connectivity index (χ1v) is 11.6. The highest BCUT2D eigenvalue weighted by atomic mass is 28.3. The topological polar surface area (TPSA) is 29.5 Å². The van der Waals surface area contributed by atoms with Crippen molar-refractivity contribution in [3.63, 3.8) is 0 Å². The van der Waals surface area contributed by atoms with E-state index in [9.17, 15) is 26.7 Å². The maximum Gasteiger partial charge on any atom is 0.458 e. The van der Waals surface area contributed by atoms with Gasteiger partial charge in [0.2, 0.25) is 0 Å². The summed E-state index contributed by atoms with van der Waals surface area (Å²) in [5, 5.41) is 0.